The van der Waals surface area contributed by atoms with Crippen molar-refractivity contribution in [2.75, 3.05) is 32.4 Å². The highest BCUT2D eigenvalue weighted by Crippen LogP contribution is 2.19. The molecule has 1 heterocycles. The Morgan fingerprint density at radius 3 is 2.68 bits per heavy atom. The Bertz CT molecular complexity index is 406. The van der Waals surface area contributed by atoms with Crippen LogP contribution in [0.15, 0.2) is 12.2 Å². The number of sulfonamides is 1. The zero-order valence-electron chi connectivity index (χ0n) is 11.8. The van der Waals surface area contributed by atoms with Gasteiger partial charge in [0.05, 0.1) is 6.26 Å². The van der Waals surface area contributed by atoms with Crippen molar-refractivity contribution >= 4 is 10.0 Å². The van der Waals surface area contributed by atoms with Crippen LogP contribution in [0, 0.1) is 11.8 Å². The average Bonchev–Trinajstić information content (AvgIpc) is 2.39. The number of hydrogen-bond donors (Lipinski definition) is 1. The Morgan fingerprint density at radius 2 is 2.00 bits per heavy atom. The highest BCUT2D eigenvalue weighted by molar-refractivity contribution is 7.88. The fraction of sp³-hybridized carbons (Fsp3) is 0.857. The van der Waals surface area contributed by atoms with Crippen LogP contribution in [-0.2, 0) is 10.0 Å². The Labute approximate surface area is 117 Å². The van der Waals surface area contributed by atoms with E-state index < -0.39 is 10.0 Å². The quantitative estimate of drug-likeness (QED) is 0.781. The van der Waals surface area contributed by atoms with Gasteiger partial charge in [-0.3, -0.25) is 0 Å². The van der Waals surface area contributed by atoms with Gasteiger partial charge in [-0.2, -0.15) is 0 Å². The van der Waals surface area contributed by atoms with Gasteiger partial charge in [-0.1, -0.05) is 12.2 Å². The first-order valence-corrected chi connectivity index (χ1v) is 9.21. The molecule has 1 fully saturated rings. The second-order valence-electron chi connectivity index (χ2n) is 5.94. The van der Waals surface area contributed by atoms with Gasteiger partial charge in [-0.25, -0.2) is 12.7 Å². The van der Waals surface area contributed by atoms with Crippen molar-refractivity contribution in [3.05, 3.63) is 12.2 Å². The number of hydrogen-bond acceptors (Lipinski definition) is 3. The summed E-state index contributed by atoms with van der Waals surface area (Å²) in [5.74, 6) is 1.24. The van der Waals surface area contributed by atoms with Crippen LogP contribution >= 0.6 is 0 Å². The molecule has 2 atom stereocenters. The van der Waals surface area contributed by atoms with Crippen LogP contribution in [0.5, 0.6) is 0 Å². The summed E-state index contributed by atoms with van der Waals surface area (Å²) < 4.78 is 24.7. The summed E-state index contributed by atoms with van der Waals surface area (Å²) in [6.07, 6.45) is 11.7. The Hall–Kier alpha value is -0.390. The first-order chi connectivity index (χ1) is 9.05. The van der Waals surface area contributed by atoms with E-state index in [1.165, 1.54) is 25.5 Å². The van der Waals surface area contributed by atoms with Gasteiger partial charge in [0, 0.05) is 13.1 Å². The van der Waals surface area contributed by atoms with Gasteiger partial charge in [0.2, 0.25) is 10.0 Å². The molecule has 110 valence electrons. The van der Waals surface area contributed by atoms with Gasteiger partial charge < -0.3 is 5.32 Å². The van der Waals surface area contributed by atoms with Crippen molar-refractivity contribution in [1.82, 2.24) is 9.62 Å². The summed E-state index contributed by atoms with van der Waals surface area (Å²) in [4.78, 5) is 0. The minimum Gasteiger partial charge on any atom is -0.316 e. The molecular weight excluding hydrogens is 260 g/mol. The molecule has 2 aliphatic rings. The van der Waals surface area contributed by atoms with Crippen molar-refractivity contribution in [1.29, 1.82) is 0 Å². The number of allylic oxidation sites excluding steroid dienone is 2. The normalized spacial score (nSPS) is 29.5. The smallest absolute Gasteiger partial charge is 0.211 e. The van der Waals surface area contributed by atoms with Crippen LogP contribution in [0.25, 0.3) is 0 Å². The summed E-state index contributed by atoms with van der Waals surface area (Å²) in [6, 6.07) is 0. The van der Waals surface area contributed by atoms with E-state index in [0.717, 1.165) is 31.8 Å². The number of rotatable bonds is 5. The van der Waals surface area contributed by atoms with Crippen LogP contribution in [0.2, 0.25) is 0 Å². The molecule has 19 heavy (non-hydrogen) atoms. The minimum atomic E-state index is -3.01. The molecule has 0 aromatic carbocycles. The maximum atomic E-state index is 11.6. The second kappa shape index (κ2) is 6.86. The fourth-order valence-corrected chi connectivity index (χ4v) is 3.97. The summed E-state index contributed by atoms with van der Waals surface area (Å²) in [7, 11) is -3.01. The van der Waals surface area contributed by atoms with Crippen LogP contribution in [0.3, 0.4) is 0 Å². The number of nitrogens with one attached hydrogen (secondary N) is 1. The van der Waals surface area contributed by atoms with E-state index in [9.17, 15) is 8.42 Å². The number of nitrogens with zero attached hydrogens (tertiary/aromatic N) is 1. The molecule has 1 N–H and O–H groups in total. The Morgan fingerprint density at radius 1 is 1.21 bits per heavy atom. The van der Waals surface area contributed by atoms with Crippen LogP contribution in [-0.4, -0.2) is 45.2 Å². The van der Waals surface area contributed by atoms with Gasteiger partial charge in [-0.15, -0.1) is 0 Å². The standard InChI is InChI=1S/C14H26N2O2S/c1-19(17,18)16-9-5-8-14(12-16)11-15-10-13-6-3-2-4-7-13/h2-3,13-15H,4-12H2,1H3. The molecule has 0 spiro atoms. The summed E-state index contributed by atoms with van der Waals surface area (Å²) in [5.41, 5.74) is 0. The first kappa shape index (κ1) is 15.0. The highest BCUT2D eigenvalue weighted by atomic mass is 32.2. The third kappa shape index (κ3) is 4.89. The monoisotopic (exact) mass is 286 g/mol. The van der Waals surface area contributed by atoms with Crippen molar-refractivity contribution in [2.45, 2.75) is 32.1 Å². The van der Waals surface area contributed by atoms with Crippen LogP contribution in [0.1, 0.15) is 32.1 Å². The second-order valence-corrected chi connectivity index (χ2v) is 7.92. The van der Waals surface area contributed by atoms with E-state index in [2.05, 4.69) is 17.5 Å². The third-order valence-electron chi connectivity index (χ3n) is 4.19. The maximum Gasteiger partial charge on any atom is 0.211 e. The minimum absolute atomic E-state index is 0.475. The molecule has 0 aromatic heterocycles. The van der Waals surface area contributed by atoms with Gasteiger partial charge in [0.15, 0.2) is 0 Å². The molecular formula is C14H26N2O2S. The Kier molecular flexibility index (Phi) is 5.42. The van der Waals surface area contributed by atoms with Crippen molar-refractivity contribution in [3.8, 4) is 0 Å². The van der Waals surface area contributed by atoms with E-state index in [1.54, 1.807) is 4.31 Å². The number of piperidine rings is 1. The van der Waals surface area contributed by atoms with E-state index in [-0.39, 0.29) is 0 Å². The summed E-state index contributed by atoms with van der Waals surface area (Å²) >= 11 is 0. The van der Waals surface area contributed by atoms with E-state index >= 15 is 0 Å². The van der Waals surface area contributed by atoms with Crippen molar-refractivity contribution < 1.29 is 8.42 Å². The van der Waals surface area contributed by atoms with E-state index in [4.69, 9.17) is 0 Å². The van der Waals surface area contributed by atoms with Crippen LogP contribution in [0.4, 0.5) is 0 Å². The molecule has 2 rings (SSSR count). The summed E-state index contributed by atoms with van der Waals surface area (Å²) in [5, 5.41) is 3.54. The molecule has 0 saturated carbocycles. The molecule has 1 aliphatic carbocycles. The van der Waals surface area contributed by atoms with Gasteiger partial charge in [-0.05, 0) is 57.0 Å². The first-order valence-electron chi connectivity index (χ1n) is 7.36. The fourth-order valence-electron chi connectivity index (χ4n) is 3.03. The summed E-state index contributed by atoms with van der Waals surface area (Å²) in [6.45, 7) is 3.41. The molecule has 4 nitrogen and oxygen atoms in total. The molecule has 5 heteroatoms. The average molecular weight is 286 g/mol. The van der Waals surface area contributed by atoms with Crippen molar-refractivity contribution in [2.24, 2.45) is 11.8 Å². The lowest BCUT2D eigenvalue weighted by Gasteiger charge is -2.31. The van der Waals surface area contributed by atoms with E-state index in [0.29, 0.717) is 19.0 Å². The molecule has 1 saturated heterocycles. The van der Waals surface area contributed by atoms with Gasteiger partial charge in [0.1, 0.15) is 0 Å². The Balaban J connectivity index is 1.69. The zero-order chi connectivity index (χ0) is 13.7. The topological polar surface area (TPSA) is 49.4 Å². The zero-order valence-corrected chi connectivity index (χ0v) is 12.7. The van der Waals surface area contributed by atoms with Crippen molar-refractivity contribution in [3.63, 3.8) is 0 Å². The maximum absolute atomic E-state index is 11.6. The van der Waals surface area contributed by atoms with Crippen LogP contribution < -0.4 is 5.32 Å². The molecule has 1 aliphatic heterocycles. The predicted octanol–water partition coefficient (Wildman–Crippen LogP) is 1.60. The highest BCUT2D eigenvalue weighted by Gasteiger charge is 2.25. The molecule has 0 bridgehead atoms. The lowest BCUT2D eigenvalue weighted by Crippen LogP contribution is -2.42. The molecule has 0 amide bonds. The van der Waals surface area contributed by atoms with Gasteiger partial charge in [0.25, 0.3) is 0 Å². The lowest BCUT2D eigenvalue weighted by atomic mass is 9.94. The molecule has 0 aromatic rings. The predicted molar refractivity (Wildman–Crippen MR) is 78.5 cm³/mol. The lowest BCUT2D eigenvalue weighted by molar-refractivity contribution is 0.257. The van der Waals surface area contributed by atoms with Gasteiger partial charge >= 0.3 is 0 Å². The third-order valence-corrected chi connectivity index (χ3v) is 5.46. The SMILES string of the molecule is CS(=O)(=O)N1CCCC(CNCC2CC=CCC2)C1. The largest absolute Gasteiger partial charge is 0.316 e. The van der Waals surface area contributed by atoms with E-state index in [1.807, 2.05) is 0 Å². The molecule has 2 unspecified atom stereocenters. The molecule has 0 radical (unpaired) electrons.